The molecule has 0 aromatic rings. The third-order valence-corrected chi connectivity index (χ3v) is 3.55. The van der Waals surface area contributed by atoms with Crippen LogP contribution in [0.15, 0.2) is 0 Å². The Morgan fingerprint density at radius 1 is 0.611 bits per heavy atom. The molecule has 106 valence electrons. The Morgan fingerprint density at radius 2 is 0.833 bits per heavy atom. The predicted molar refractivity (Wildman–Crippen MR) is 87.9 cm³/mol. The molecule has 0 bridgehead atoms. The largest absolute Gasteiger partial charge is 0.337 e. The molecule has 0 spiro atoms. The van der Waals surface area contributed by atoms with Crippen LogP contribution in [0.25, 0.3) is 0 Å². The van der Waals surface area contributed by atoms with Gasteiger partial charge in [-0.3, -0.25) is 0 Å². The standard InChI is InChI=1S/C14H34B2N2/c1-13(2,3)17(15(7)8)11-12-18(16(9)10)14(4,5)6/h11-12H2,1-10H3. The lowest BCUT2D eigenvalue weighted by atomic mass is 9.62. The fourth-order valence-corrected chi connectivity index (χ4v) is 2.95. The van der Waals surface area contributed by atoms with Crippen molar-refractivity contribution in [1.82, 2.24) is 9.62 Å². The highest BCUT2D eigenvalue weighted by atomic mass is 15.2. The summed E-state index contributed by atoms with van der Waals surface area (Å²) >= 11 is 0. The van der Waals surface area contributed by atoms with Gasteiger partial charge in [0.1, 0.15) is 0 Å². The summed E-state index contributed by atoms with van der Waals surface area (Å²) in [5.41, 5.74) is 0.489. The van der Waals surface area contributed by atoms with Gasteiger partial charge in [0.25, 0.3) is 0 Å². The summed E-state index contributed by atoms with van der Waals surface area (Å²) in [5, 5.41) is 0. The van der Waals surface area contributed by atoms with Gasteiger partial charge in [-0.25, -0.2) is 0 Å². The van der Waals surface area contributed by atoms with E-state index in [1.54, 1.807) is 0 Å². The molecule has 0 unspecified atom stereocenters. The first-order chi connectivity index (χ1) is 7.87. The van der Waals surface area contributed by atoms with E-state index in [2.05, 4.69) is 78.5 Å². The first kappa shape index (κ1) is 18.0. The van der Waals surface area contributed by atoms with Crippen LogP contribution in [0.2, 0.25) is 27.3 Å². The highest BCUT2D eigenvalue weighted by molar-refractivity contribution is 6.53. The van der Waals surface area contributed by atoms with Gasteiger partial charge in [-0.1, -0.05) is 27.3 Å². The molecule has 0 aliphatic heterocycles. The molecule has 2 nitrogen and oxygen atoms in total. The van der Waals surface area contributed by atoms with E-state index in [0.29, 0.717) is 13.7 Å². The molecule has 0 N–H and O–H groups in total. The minimum atomic E-state index is 0.245. The van der Waals surface area contributed by atoms with E-state index < -0.39 is 0 Å². The maximum atomic E-state index is 2.59. The maximum absolute atomic E-state index is 2.59. The van der Waals surface area contributed by atoms with Gasteiger partial charge < -0.3 is 9.62 Å². The van der Waals surface area contributed by atoms with Gasteiger partial charge in [0.2, 0.25) is 13.7 Å². The van der Waals surface area contributed by atoms with Crippen molar-refractivity contribution in [3.8, 4) is 0 Å². The second kappa shape index (κ2) is 6.47. The summed E-state index contributed by atoms with van der Waals surface area (Å²) < 4.78 is 0. The Balaban J connectivity index is 4.69. The van der Waals surface area contributed by atoms with Crippen molar-refractivity contribution >= 4 is 13.7 Å². The number of hydrogen-bond acceptors (Lipinski definition) is 2. The molecule has 0 fully saturated rings. The third kappa shape index (κ3) is 5.79. The van der Waals surface area contributed by atoms with E-state index in [-0.39, 0.29) is 11.1 Å². The summed E-state index contributed by atoms with van der Waals surface area (Å²) in [5.74, 6) is 0. The average Bonchev–Trinajstić information content (AvgIpc) is 2.05. The predicted octanol–water partition coefficient (Wildman–Crippen LogP) is 3.69. The molecule has 0 heterocycles. The number of rotatable bonds is 5. The summed E-state index contributed by atoms with van der Waals surface area (Å²) in [6, 6.07) is 0. The normalized spacial score (nSPS) is 13.3. The van der Waals surface area contributed by atoms with Crippen molar-refractivity contribution in [2.45, 2.75) is 79.9 Å². The zero-order chi connectivity index (χ0) is 14.7. The van der Waals surface area contributed by atoms with Crippen LogP contribution in [0.3, 0.4) is 0 Å². The minimum Gasteiger partial charge on any atom is -0.337 e. The zero-order valence-corrected chi connectivity index (χ0v) is 14.5. The first-order valence-corrected chi connectivity index (χ1v) is 7.41. The van der Waals surface area contributed by atoms with Crippen molar-refractivity contribution in [2.75, 3.05) is 13.1 Å². The van der Waals surface area contributed by atoms with E-state index >= 15 is 0 Å². The Labute approximate surface area is 117 Å². The van der Waals surface area contributed by atoms with E-state index in [9.17, 15) is 0 Å². The van der Waals surface area contributed by atoms with Gasteiger partial charge in [0.05, 0.1) is 0 Å². The molecule has 0 amide bonds. The summed E-state index contributed by atoms with van der Waals surface area (Å²) in [6.07, 6.45) is 0. The Bertz CT molecular complexity index is 213. The Morgan fingerprint density at radius 3 is 0.944 bits per heavy atom. The van der Waals surface area contributed by atoms with Crippen LogP contribution in [0.5, 0.6) is 0 Å². The average molecular weight is 252 g/mol. The molecule has 0 aromatic carbocycles. The molecular weight excluding hydrogens is 218 g/mol. The molecule has 0 saturated heterocycles. The van der Waals surface area contributed by atoms with E-state index in [0.717, 1.165) is 13.1 Å². The van der Waals surface area contributed by atoms with Gasteiger partial charge in [-0.05, 0) is 54.6 Å². The Kier molecular flexibility index (Phi) is 6.49. The monoisotopic (exact) mass is 252 g/mol. The summed E-state index contributed by atoms with van der Waals surface area (Å²) in [6.45, 7) is 26.5. The SMILES string of the molecule is CB(C)N(CCN(B(C)C)C(C)(C)C)C(C)(C)C. The van der Waals surface area contributed by atoms with E-state index in [1.165, 1.54) is 0 Å². The highest BCUT2D eigenvalue weighted by Gasteiger charge is 2.29. The molecule has 0 rings (SSSR count). The first-order valence-electron chi connectivity index (χ1n) is 7.41. The van der Waals surface area contributed by atoms with Gasteiger partial charge in [-0.2, -0.15) is 0 Å². The lowest BCUT2D eigenvalue weighted by Crippen LogP contribution is -2.55. The van der Waals surface area contributed by atoms with E-state index in [1.807, 2.05) is 0 Å². The van der Waals surface area contributed by atoms with Crippen LogP contribution in [0, 0.1) is 0 Å². The zero-order valence-electron chi connectivity index (χ0n) is 14.5. The van der Waals surface area contributed by atoms with Crippen LogP contribution in [-0.2, 0) is 0 Å². The molecule has 4 heteroatoms. The Hall–Kier alpha value is 0.0499. The quantitative estimate of drug-likeness (QED) is 0.688. The molecule has 0 aromatic heterocycles. The van der Waals surface area contributed by atoms with Crippen molar-refractivity contribution in [2.24, 2.45) is 0 Å². The van der Waals surface area contributed by atoms with Crippen LogP contribution in [-0.4, -0.2) is 47.5 Å². The molecule has 0 radical (unpaired) electrons. The summed E-state index contributed by atoms with van der Waals surface area (Å²) in [7, 11) is 0. The second-order valence-corrected chi connectivity index (χ2v) is 7.92. The van der Waals surface area contributed by atoms with Crippen molar-refractivity contribution < 1.29 is 0 Å². The molecule has 18 heavy (non-hydrogen) atoms. The van der Waals surface area contributed by atoms with Gasteiger partial charge in [-0.15, -0.1) is 0 Å². The van der Waals surface area contributed by atoms with Gasteiger partial charge in [0.15, 0.2) is 0 Å². The molecule has 0 atom stereocenters. The fourth-order valence-electron chi connectivity index (χ4n) is 2.95. The lowest BCUT2D eigenvalue weighted by molar-refractivity contribution is 0.189. The molecule has 0 saturated carbocycles. The lowest BCUT2D eigenvalue weighted by Gasteiger charge is -2.43. The van der Waals surface area contributed by atoms with Crippen molar-refractivity contribution in [1.29, 1.82) is 0 Å². The summed E-state index contributed by atoms with van der Waals surface area (Å²) in [4.78, 5) is 5.18. The van der Waals surface area contributed by atoms with Crippen LogP contribution in [0.1, 0.15) is 41.5 Å². The minimum absolute atomic E-state index is 0.245. The van der Waals surface area contributed by atoms with Gasteiger partial charge in [0, 0.05) is 11.1 Å². The fraction of sp³-hybridized carbons (Fsp3) is 1.00. The number of hydrogen-bond donors (Lipinski definition) is 0. The molecule has 0 aliphatic rings. The van der Waals surface area contributed by atoms with Crippen molar-refractivity contribution in [3.63, 3.8) is 0 Å². The van der Waals surface area contributed by atoms with E-state index in [4.69, 9.17) is 0 Å². The maximum Gasteiger partial charge on any atom is 0.217 e. The van der Waals surface area contributed by atoms with Crippen LogP contribution < -0.4 is 0 Å². The topological polar surface area (TPSA) is 6.48 Å². The van der Waals surface area contributed by atoms with Crippen LogP contribution >= 0.6 is 0 Å². The molecule has 0 aliphatic carbocycles. The van der Waals surface area contributed by atoms with Gasteiger partial charge >= 0.3 is 0 Å². The van der Waals surface area contributed by atoms with Crippen molar-refractivity contribution in [3.05, 3.63) is 0 Å². The highest BCUT2D eigenvalue weighted by Crippen LogP contribution is 2.19. The third-order valence-electron chi connectivity index (χ3n) is 3.55. The van der Waals surface area contributed by atoms with Crippen LogP contribution in [0.4, 0.5) is 0 Å². The smallest absolute Gasteiger partial charge is 0.217 e. The molecular formula is C14H34B2N2. The number of nitrogens with zero attached hydrogens (tertiary/aromatic N) is 2. The second-order valence-electron chi connectivity index (χ2n) is 7.92.